The molecule has 0 aromatic carbocycles. The summed E-state index contributed by atoms with van der Waals surface area (Å²) in [6.07, 6.45) is 1.99. The first-order valence-electron chi connectivity index (χ1n) is 3.69. The SMILES string of the molecule is Cl.NC1CCC(S(=O)(=O)F)CC1. The van der Waals surface area contributed by atoms with Crippen LogP contribution in [-0.4, -0.2) is 19.7 Å². The van der Waals surface area contributed by atoms with Gasteiger partial charge in [-0.25, -0.2) is 0 Å². The van der Waals surface area contributed by atoms with Crippen molar-refractivity contribution in [1.29, 1.82) is 0 Å². The smallest absolute Gasteiger partial charge is 0.305 e. The molecule has 0 spiro atoms. The highest BCUT2D eigenvalue weighted by Crippen LogP contribution is 2.23. The topological polar surface area (TPSA) is 60.2 Å². The Labute approximate surface area is 78.1 Å². The van der Waals surface area contributed by atoms with Gasteiger partial charge in [0.2, 0.25) is 0 Å². The van der Waals surface area contributed by atoms with E-state index in [1.54, 1.807) is 0 Å². The van der Waals surface area contributed by atoms with Crippen LogP contribution in [0.1, 0.15) is 25.7 Å². The Morgan fingerprint density at radius 3 is 1.92 bits per heavy atom. The number of hydrogen-bond acceptors (Lipinski definition) is 3. The van der Waals surface area contributed by atoms with Crippen LogP contribution in [0.4, 0.5) is 3.89 Å². The van der Waals surface area contributed by atoms with E-state index in [0.29, 0.717) is 25.7 Å². The van der Waals surface area contributed by atoms with Crippen molar-refractivity contribution in [1.82, 2.24) is 0 Å². The second-order valence-electron chi connectivity index (χ2n) is 3.01. The molecule has 0 amide bonds. The quantitative estimate of drug-likeness (QED) is 0.666. The van der Waals surface area contributed by atoms with Crippen molar-refractivity contribution in [3.8, 4) is 0 Å². The highest BCUT2D eigenvalue weighted by Gasteiger charge is 2.28. The van der Waals surface area contributed by atoms with Crippen LogP contribution in [-0.2, 0) is 10.2 Å². The predicted octanol–water partition coefficient (Wildman–Crippen LogP) is 0.977. The Morgan fingerprint density at radius 2 is 1.58 bits per heavy atom. The van der Waals surface area contributed by atoms with Gasteiger partial charge in [-0.05, 0) is 25.7 Å². The summed E-state index contributed by atoms with van der Waals surface area (Å²) < 4.78 is 33.1. The summed E-state index contributed by atoms with van der Waals surface area (Å²) in [5.74, 6) is 0. The summed E-state index contributed by atoms with van der Waals surface area (Å²) in [5.41, 5.74) is 5.52. The molecule has 0 bridgehead atoms. The van der Waals surface area contributed by atoms with Crippen LogP contribution >= 0.6 is 12.4 Å². The molecular weight excluding hydrogens is 205 g/mol. The van der Waals surface area contributed by atoms with Crippen LogP contribution in [0, 0.1) is 0 Å². The normalized spacial score (nSPS) is 30.8. The van der Waals surface area contributed by atoms with Gasteiger partial charge >= 0.3 is 10.2 Å². The third-order valence-electron chi connectivity index (χ3n) is 2.12. The molecule has 1 fully saturated rings. The van der Waals surface area contributed by atoms with Gasteiger partial charge in [0, 0.05) is 6.04 Å². The third-order valence-corrected chi connectivity index (χ3v) is 3.38. The molecule has 0 heterocycles. The molecule has 0 atom stereocenters. The van der Waals surface area contributed by atoms with Crippen LogP contribution in [0.25, 0.3) is 0 Å². The Hall–Kier alpha value is 0.130. The lowest BCUT2D eigenvalue weighted by atomic mass is 9.96. The molecule has 2 N–H and O–H groups in total. The minimum Gasteiger partial charge on any atom is -0.328 e. The highest BCUT2D eigenvalue weighted by atomic mass is 35.5. The molecule has 74 valence electrons. The fourth-order valence-corrected chi connectivity index (χ4v) is 2.21. The first kappa shape index (κ1) is 12.1. The zero-order valence-corrected chi connectivity index (χ0v) is 8.20. The van der Waals surface area contributed by atoms with Crippen LogP contribution < -0.4 is 5.73 Å². The Morgan fingerprint density at radius 1 is 1.17 bits per heavy atom. The molecule has 1 aliphatic rings. The Bertz CT molecular complexity index is 224. The number of rotatable bonds is 1. The lowest BCUT2D eigenvalue weighted by Gasteiger charge is -2.22. The van der Waals surface area contributed by atoms with Crippen LogP contribution in [0.15, 0.2) is 0 Å². The van der Waals surface area contributed by atoms with Crippen molar-refractivity contribution in [3.63, 3.8) is 0 Å². The first-order valence-corrected chi connectivity index (χ1v) is 5.14. The maximum Gasteiger partial charge on any atom is 0.305 e. The van der Waals surface area contributed by atoms with Gasteiger partial charge in [0.1, 0.15) is 0 Å². The van der Waals surface area contributed by atoms with Crippen LogP contribution in [0.5, 0.6) is 0 Å². The number of nitrogens with two attached hydrogens (primary N) is 1. The van der Waals surface area contributed by atoms with Crippen LogP contribution in [0.3, 0.4) is 0 Å². The number of hydrogen-bond donors (Lipinski definition) is 1. The van der Waals surface area contributed by atoms with Crippen LogP contribution in [0.2, 0.25) is 0 Å². The largest absolute Gasteiger partial charge is 0.328 e. The molecule has 0 radical (unpaired) electrons. The van der Waals surface area contributed by atoms with Gasteiger partial charge < -0.3 is 5.73 Å². The van der Waals surface area contributed by atoms with Gasteiger partial charge in [0.05, 0.1) is 5.25 Å². The summed E-state index contributed by atoms with van der Waals surface area (Å²) in [6, 6.07) is 0.0630. The van der Waals surface area contributed by atoms with E-state index in [2.05, 4.69) is 0 Å². The zero-order chi connectivity index (χ0) is 8.48. The monoisotopic (exact) mass is 217 g/mol. The molecule has 3 nitrogen and oxygen atoms in total. The van der Waals surface area contributed by atoms with E-state index in [-0.39, 0.29) is 18.4 Å². The maximum absolute atomic E-state index is 12.3. The molecule has 0 aromatic heterocycles. The summed E-state index contributed by atoms with van der Waals surface area (Å²) in [7, 11) is -4.30. The second-order valence-corrected chi connectivity index (χ2v) is 4.63. The van der Waals surface area contributed by atoms with Gasteiger partial charge in [-0.15, -0.1) is 16.3 Å². The zero-order valence-electron chi connectivity index (χ0n) is 6.57. The van der Waals surface area contributed by atoms with Crippen molar-refractivity contribution in [2.24, 2.45) is 5.73 Å². The fraction of sp³-hybridized carbons (Fsp3) is 1.00. The third kappa shape index (κ3) is 3.25. The molecule has 1 rings (SSSR count). The molecular formula is C6H13ClFNO2S. The van der Waals surface area contributed by atoms with Gasteiger partial charge in [-0.2, -0.15) is 8.42 Å². The molecule has 0 aromatic rings. The lowest BCUT2D eigenvalue weighted by Crippen LogP contribution is -2.31. The second kappa shape index (κ2) is 4.39. The highest BCUT2D eigenvalue weighted by molar-refractivity contribution is 7.87. The molecule has 1 aliphatic carbocycles. The van der Waals surface area contributed by atoms with E-state index in [9.17, 15) is 12.3 Å². The standard InChI is InChI=1S/C6H12FNO2S.ClH/c7-11(9,10)6-3-1-5(8)2-4-6;/h5-6H,1-4,8H2;1H. The van der Waals surface area contributed by atoms with Crippen molar-refractivity contribution >= 4 is 22.6 Å². The molecule has 0 aliphatic heterocycles. The summed E-state index contributed by atoms with van der Waals surface area (Å²) in [6.45, 7) is 0. The fourth-order valence-electron chi connectivity index (χ4n) is 1.37. The van der Waals surface area contributed by atoms with Gasteiger partial charge in [0.15, 0.2) is 0 Å². The van der Waals surface area contributed by atoms with Crippen molar-refractivity contribution in [3.05, 3.63) is 0 Å². The lowest BCUT2D eigenvalue weighted by molar-refractivity contribution is 0.422. The van der Waals surface area contributed by atoms with E-state index in [1.165, 1.54) is 0 Å². The minimum absolute atomic E-state index is 0. The van der Waals surface area contributed by atoms with Gasteiger partial charge in [0.25, 0.3) is 0 Å². The summed E-state index contributed by atoms with van der Waals surface area (Å²) >= 11 is 0. The molecule has 1 saturated carbocycles. The van der Waals surface area contributed by atoms with E-state index < -0.39 is 15.5 Å². The molecule has 0 unspecified atom stereocenters. The summed E-state index contributed by atoms with van der Waals surface area (Å²) in [5, 5.41) is -0.790. The minimum atomic E-state index is -4.30. The van der Waals surface area contributed by atoms with Crippen molar-refractivity contribution in [2.75, 3.05) is 0 Å². The number of halogens is 2. The van der Waals surface area contributed by atoms with E-state index in [4.69, 9.17) is 5.73 Å². The van der Waals surface area contributed by atoms with Gasteiger partial charge in [-0.1, -0.05) is 0 Å². The van der Waals surface area contributed by atoms with Crippen molar-refractivity contribution < 1.29 is 12.3 Å². The molecule has 6 heteroatoms. The van der Waals surface area contributed by atoms with E-state index in [1.807, 2.05) is 0 Å². The molecule has 12 heavy (non-hydrogen) atoms. The summed E-state index contributed by atoms with van der Waals surface area (Å²) in [4.78, 5) is 0. The maximum atomic E-state index is 12.3. The van der Waals surface area contributed by atoms with Crippen molar-refractivity contribution in [2.45, 2.75) is 37.0 Å². The Balaban J connectivity index is 0.00000121. The van der Waals surface area contributed by atoms with Gasteiger partial charge in [-0.3, -0.25) is 0 Å². The predicted molar refractivity (Wildman–Crippen MR) is 47.5 cm³/mol. The van der Waals surface area contributed by atoms with E-state index in [0.717, 1.165) is 0 Å². The Kier molecular flexibility index (Phi) is 4.44. The van der Waals surface area contributed by atoms with E-state index >= 15 is 0 Å². The molecule has 0 saturated heterocycles. The first-order chi connectivity index (χ1) is 5.00. The average molecular weight is 218 g/mol. The average Bonchev–Trinajstić information content (AvgIpc) is 1.86.